The van der Waals surface area contributed by atoms with Crippen molar-refractivity contribution in [3.8, 4) is 5.75 Å². The maximum Gasteiger partial charge on any atom is 0.270 e. The zero-order valence-electron chi connectivity index (χ0n) is 10.7. The third kappa shape index (κ3) is 1.40. The summed E-state index contributed by atoms with van der Waals surface area (Å²) in [5.41, 5.74) is 0.0179. The number of ether oxygens (including phenoxy) is 1. The van der Waals surface area contributed by atoms with Crippen LogP contribution >= 0.6 is 0 Å². The lowest BCUT2D eigenvalue weighted by Gasteiger charge is -2.37. The van der Waals surface area contributed by atoms with Gasteiger partial charge in [-0.25, -0.2) is 0 Å². The molecule has 0 spiro atoms. The second-order valence-corrected chi connectivity index (χ2v) is 5.11. The first kappa shape index (κ1) is 11.1. The SMILES string of the molecule is CN1C(=O)C(C)(C)Oc2c1ccc1ccccc21. The van der Waals surface area contributed by atoms with Crippen LogP contribution in [0.2, 0.25) is 0 Å². The van der Waals surface area contributed by atoms with E-state index in [2.05, 4.69) is 0 Å². The molecule has 18 heavy (non-hydrogen) atoms. The molecule has 0 bridgehead atoms. The minimum Gasteiger partial charge on any atom is -0.475 e. The Morgan fingerprint density at radius 2 is 1.83 bits per heavy atom. The molecule has 0 aliphatic carbocycles. The number of rotatable bonds is 0. The maximum absolute atomic E-state index is 12.1. The normalized spacial score (nSPS) is 17.5. The van der Waals surface area contributed by atoms with Gasteiger partial charge in [-0.1, -0.05) is 30.3 Å². The number of carbonyl (C=O) groups excluding carboxylic acids is 1. The quantitative estimate of drug-likeness (QED) is 0.709. The van der Waals surface area contributed by atoms with Crippen LogP contribution in [0.3, 0.4) is 0 Å². The molecule has 0 fully saturated rings. The van der Waals surface area contributed by atoms with Gasteiger partial charge in [0, 0.05) is 12.4 Å². The van der Waals surface area contributed by atoms with Crippen LogP contribution in [0.1, 0.15) is 13.8 Å². The van der Waals surface area contributed by atoms with Crippen LogP contribution in [-0.4, -0.2) is 18.6 Å². The first-order valence-corrected chi connectivity index (χ1v) is 5.99. The second kappa shape index (κ2) is 3.48. The Morgan fingerprint density at radius 1 is 1.11 bits per heavy atom. The van der Waals surface area contributed by atoms with Crippen LogP contribution in [0.5, 0.6) is 5.75 Å². The smallest absolute Gasteiger partial charge is 0.270 e. The van der Waals surface area contributed by atoms with Crippen LogP contribution in [0.15, 0.2) is 36.4 Å². The molecule has 1 aliphatic heterocycles. The van der Waals surface area contributed by atoms with Gasteiger partial charge in [-0.05, 0) is 25.3 Å². The van der Waals surface area contributed by atoms with Crippen molar-refractivity contribution in [2.75, 3.05) is 11.9 Å². The third-order valence-electron chi connectivity index (χ3n) is 3.40. The summed E-state index contributed by atoms with van der Waals surface area (Å²) in [4.78, 5) is 13.8. The minimum absolute atomic E-state index is 0.0229. The lowest BCUT2D eigenvalue weighted by Crippen LogP contribution is -2.50. The van der Waals surface area contributed by atoms with Crippen molar-refractivity contribution < 1.29 is 9.53 Å². The molecule has 2 aromatic carbocycles. The zero-order valence-corrected chi connectivity index (χ0v) is 10.7. The molecule has 0 aromatic heterocycles. The van der Waals surface area contributed by atoms with Crippen molar-refractivity contribution in [2.24, 2.45) is 0 Å². The predicted molar refractivity (Wildman–Crippen MR) is 72.1 cm³/mol. The average Bonchev–Trinajstić information content (AvgIpc) is 2.36. The molecular formula is C15H15NO2. The number of hydrogen-bond acceptors (Lipinski definition) is 2. The van der Waals surface area contributed by atoms with Crippen LogP contribution in [-0.2, 0) is 4.79 Å². The van der Waals surface area contributed by atoms with E-state index < -0.39 is 5.60 Å². The molecular weight excluding hydrogens is 226 g/mol. The Bertz CT molecular complexity index is 646. The van der Waals surface area contributed by atoms with E-state index in [4.69, 9.17) is 4.74 Å². The van der Waals surface area contributed by atoms with Gasteiger partial charge in [0.2, 0.25) is 0 Å². The van der Waals surface area contributed by atoms with E-state index in [9.17, 15) is 4.79 Å². The van der Waals surface area contributed by atoms with Gasteiger partial charge in [0.05, 0.1) is 5.69 Å². The number of anilines is 1. The van der Waals surface area contributed by atoms with E-state index >= 15 is 0 Å². The van der Waals surface area contributed by atoms with Crippen molar-refractivity contribution >= 4 is 22.4 Å². The number of benzene rings is 2. The first-order chi connectivity index (χ1) is 8.50. The molecule has 1 amide bonds. The number of hydrogen-bond donors (Lipinski definition) is 0. The Labute approximate surface area is 106 Å². The fourth-order valence-corrected chi connectivity index (χ4v) is 2.41. The standard InChI is InChI=1S/C15H15NO2/c1-15(2)14(17)16(3)12-9-8-10-6-4-5-7-11(10)13(12)18-15/h4-9H,1-3H3. The van der Waals surface area contributed by atoms with Crippen LogP contribution in [0.4, 0.5) is 5.69 Å². The monoisotopic (exact) mass is 241 g/mol. The van der Waals surface area contributed by atoms with Crippen molar-refractivity contribution in [1.82, 2.24) is 0 Å². The summed E-state index contributed by atoms with van der Waals surface area (Å²) in [6.07, 6.45) is 0. The predicted octanol–water partition coefficient (Wildman–Crippen LogP) is 2.97. The van der Waals surface area contributed by atoms with Crippen molar-refractivity contribution in [2.45, 2.75) is 19.4 Å². The van der Waals surface area contributed by atoms with E-state index in [0.717, 1.165) is 22.2 Å². The van der Waals surface area contributed by atoms with Crippen LogP contribution < -0.4 is 9.64 Å². The van der Waals surface area contributed by atoms with E-state index in [1.807, 2.05) is 36.4 Å². The summed E-state index contributed by atoms with van der Waals surface area (Å²) in [6.45, 7) is 3.60. The molecule has 2 aromatic rings. The summed E-state index contributed by atoms with van der Waals surface area (Å²) in [6, 6.07) is 12.0. The molecule has 0 atom stereocenters. The van der Waals surface area contributed by atoms with E-state index in [1.54, 1.807) is 25.8 Å². The molecule has 3 heteroatoms. The van der Waals surface area contributed by atoms with Gasteiger partial charge in [0.15, 0.2) is 11.4 Å². The Kier molecular flexibility index (Phi) is 2.14. The van der Waals surface area contributed by atoms with Gasteiger partial charge in [0.1, 0.15) is 0 Å². The minimum atomic E-state index is -0.814. The molecule has 3 nitrogen and oxygen atoms in total. The van der Waals surface area contributed by atoms with Gasteiger partial charge < -0.3 is 9.64 Å². The average molecular weight is 241 g/mol. The molecule has 0 unspecified atom stereocenters. The van der Waals surface area contributed by atoms with Gasteiger partial charge in [-0.3, -0.25) is 4.79 Å². The fourth-order valence-electron chi connectivity index (χ4n) is 2.41. The number of nitrogens with zero attached hydrogens (tertiary/aromatic N) is 1. The van der Waals surface area contributed by atoms with Crippen LogP contribution in [0, 0.1) is 0 Å². The third-order valence-corrected chi connectivity index (χ3v) is 3.40. The molecule has 0 saturated carbocycles. The number of likely N-dealkylation sites (N-methyl/N-ethyl adjacent to an activating group) is 1. The Hall–Kier alpha value is -2.03. The highest BCUT2D eigenvalue weighted by atomic mass is 16.5. The molecule has 0 radical (unpaired) electrons. The number of fused-ring (bicyclic) bond motifs is 3. The molecule has 92 valence electrons. The van der Waals surface area contributed by atoms with Crippen LogP contribution in [0.25, 0.3) is 10.8 Å². The van der Waals surface area contributed by atoms with Gasteiger partial charge in [-0.2, -0.15) is 0 Å². The van der Waals surface area contributed by atoms with E-state index in [0.29, 0.717) is 0 Å². The summed E-state index contributed by atoms with van der Waals surface area (Å²) in [5, 5.41) is 2.16. The summed E-state index contributed by atoms with van der Waals surface area (Å²) in [7, 11) is 1.79. The largest absolute Gasteiger partial charge is 0.475 e. The highest BCUT2D eigenvalue weighted by Crippen LogP contribution is 2.41. The van der Waals surface area contributed by atoms with Crippen molar-refractivity contribution in [3.63, 3.8) is 0 Å². The molecule has 3 rings (SSSR count). The number of carbonyl (C=O) groups is 1. The van der Waals surface area contributed by atoms with Gasteiger partial charge >= 0.3 is 0 Å². The highest BCUT2D eigenvalue weighted by Gasteiger charge is 2.39. The summed E-state index contributed by atoms with van der Waals surface area (Å²) >= 11 is 0. The molecule has 1 heterocycles. The Balaban J connectivity index is 2.32. The lowest BCUT2D eigenvalue weighted by atomic mass is 10.0. The molecule has 0 N–H and O–H groups in total. The number of amides is 1. The lowest BCUT2D eigenvalue weighted by molar-refractivity contribution is -0.132. The van der Waals surface area contributed by atoms with Gasteiger partial charge in [0.25, 0.3) is 5.91 Å². The summed E-state index contributed by atoms with van der Waals surface area (Å²) < 4.78 is 5.92. The first-order valence-electron chi connectivity index (χ1n) is 5.99. The van der Waals surface area contributed by atoms with Gasteiger partial charge in [-0.15, -0.1) is 0 Å². The topological polar surface area (TPSA) is 29.5 Å². The van der Waals surface area contributed by atoms with E-state index in [-0.39, 0.29) is 5.91 Å². The maximum atomic E-state index is 12.1. The highest BCUT2D eigenvalue weighted by molar-refractivity contribution is 6.06. The van der Waals surface area contributed by atoms with Crippen molar-refractivity contribution in [1.29, 1.82) is 0 Å². The van der Waals surface area contributed by atoms with Crippen molar-refractivity contribution in [3.05, 3.63) is 36.4 Å². The van der Waals surface area contributed by atoms with E-state index in [1.165, 1.54) is 0 Å². The zero-order chi connectivity index (χ0) is 12.9. The Morgan fingerprint density at radius 3 is 2.61 bits per heavy atom. The molecule has 0 saturated heterocycles. The second-order valence-electron chi connectivity index (χ2n) is 5.11. The summed E-state index contributed by atoms with van der Waals surface area (Å²) in [5.74, 6) is 0.769. The molecule has 1 aliphatic rings. The fraction of sp³-hybridized carbons (Fsp3) is 0.267.